The van der Waals surface area contributed by atoms with Crippen LogP contribution in [0, 0.1) is 0 Å². The summed E-state index contributed by atoms with van der Waals surface area (Å²) >= 11 is 0.830. The van der Waals surface area contributed by atoms with Gasteiger partial charge in [-0.15, -0.1) is 0 Å². The molecule has 0 unspecified atom stereocenters. The Labute approximate surface area is 227 Å². The van der Waals surface area contributed by atoms with Crippen molar-refractivity contribution in [1.29, 1.82) is 0 Å². The third-order valence-electron chi connectivity index (χ3n) is 5.47. The molecule has 2 aromatic rings. The van der Waals surface area contributed by atoms with Gasteiger partial charge >= 0.3 is 29.6 Å². The smallest absolute Gasteiger partial charge is 0.691 e. The fraction of sp³-hybridized carbons (Fsp3) is 0.250. The normalized spacial score (nSPS) is 15.1. The van der Waals surface area contributed by atoms with Crippen LogP contribution >= 0.6 is 12.0 Å². The second-order valence-electron chi connectivity index (χ2n) is 8.06. The monoisotopic (exact) mass is 511 g/mol. The van der Waals surface area contributed by atoms with Crippen LogP contribution in [0.2, 0.25) is 0 Å². The van der Waals surface area contributed by atoms with Crippen molar-refractivity contribution in [3.63, 3.8) is 0 Å². The van der Waals surface area contributed by atoms with Gasteiger partial charge in [-0.05, 0) is 65.5 Å². The summed E-state index contributed by atoms with van der Waals surface area (Å²) in [6.07, 6.45) is 8.50. The van der Waals surface area contributed by atoms with Crippen LogP contribution in [-0.4, -0.2) is 18.7 Å². The Kier molecular flexibility index (Phi) is 11.1. The summed E-state index contributed by atoms with van der Waals surface area (Å²) in [4.78, 5) is 0.715. The summed E-state index contributed by atoms with van der Waals surface area (Å²) in [5.41, 5.74) is 4.74. The molecule has 0 saturated carbocycles. The zero-order chi connectivity index (χ0) is 23.9. The van der Waals surface area contributed by atoms with E-state index in [4.69, 9.17) is 4.55 Å². The third-order valence-corrected chi connectivity index (χ3v) is 6.84. The van der Waals surface area contributed by atoms with Crippen molar-refractivity contribution in [3.05, 3.63) is 89.7 Å². The Morgan fingerprint density at radius 1 is 1.15 bits per heavy atom. The Bertz CT molecular complexity index is 1160. The molecule has 0 amide bonds. The fourth-order valence-corrected chi connectivity index (χ4v) is 4.88. The Morgan fingerprint density at radius 2 is 1.88 bits per heavy atom. The van der Waals surface area contributed by atoms with Gasteiger partial charge in [0.2, 0.25) is 0 Å². The Morgan fingerprint density at radius 3 is 2.56 bits per heavy atom. The summed E-state index contributed by atoms with van der Waals surface area (Å²) in [6.45, 7) is 4.18. The maximum Gasteiger partial charge on any atom is 1.00 e. The number of nitrogens with one attached hydrogen (secondary N) is 1. The van der Waals surface area contributed by atoms with Gasteiger partial charge in [0.15, 0.2) is 0 Å². The van der Waals surface area contributed by atoms with Crippen molar-refractivity contribution < 1.29 is 57.2 Å². The van der Waals surface area contributed by atoms with E-state index in [-0.39, 0.29) is 40.7 Å². The standard InChI is InChI=1S/C24H27NO6S2.Na/c1-24(2)22(12-6-7-15-25-18-9-4-3-5-10-18)20(11-8-16-33(27,28)29)21-14-13-19(17-23(21)24)32-31-30-26;/h3-7,9-10,12-15,17,25-26H,8,11,16H2,1-2H3,(H,27,28,29);/q;+1/p-1/b12-6+,15-7+;. The third kappa shape index (κ3) is 7.81. The van der Waals surface area contributed by atoms with Crippen molar-refractivity contribution in [2.24, 2.45) is 0 Å². The topological polar surface area (TPSA) is 108 Å². The number of hydrogen-bond donors (Lipinski definition) is 2. The minimum atomic E-state index is -4.03. The van der Waals surface area contributed by atoms with E-state index in [0.29, 0.717) is 17.7 Å². The number of allylic oxidation sites excluding steroid dienone is 5. The van der Waals surface area contributed by atoms with Crippen LogP contribution < -0.4 is 40.1 Å². The number of hydrogen-bond acceptors (Lipinski definition) is 7. The van der Waals surface area contributed by atoms with E-state index in [0.717, 1.165) is 40.0 Å². The summed E-state index contributed by atoms with van der Waals surface area (Å²) in [5.74, 6) is -0.299. The average molecular weight is 512 g/mol. The van der Waals surface area contributed by atoms with Gasteiger partial charge in [0, 0.05) is 22.2 Å². The van der Waals surface area contributed by atoms with Crippen LogP contribution in [0.5, 0.6) is 0 Å². The van der Waals surface area contributed by atoms with E-state index in [1.54, 1.807) is 0 Å². The largest absolute Gasteiger partial charge is 1.00 e. The quantitative estimate of drug-likeness (QED) is 0.118. The maximum atomic E-state index is 11.2. The summed E-state index contributed by atoms with van der Waals surface area (Å²) < 4.78 is 36.0. The molecule has 10 heteroatoms. The van der Waals surface area contributed by atoms with Crippen LogP contribution in [0.4, 0.5) is 5.69 Å². The fourth-order valence-electron chi connectivity index (χ4n) is 3.97. The van der Waals surface area contributed by atoms with Gasteiger partial charge < -0.3 is 10.6 Å². The number of anilines is 1. The van der Waals surface area contributed by atoms with Gasteiger partial charge in [-0.25, -0.2) is 0 Å². The van der Waals surface area contributed by atoms with E-state index in [9.17, 15) is 13.7 Å². The second kappa shape index (κ2) is 13.1. The molecule has 0 aliphatic heterocycles. The molecule has 1 aliphatic rings. The van der Waals surface area contributed by atoms with Crippen molar-refractivity contribution in [3.8, 4) is 0 Å². The molecule has 0 radical (unpaired) electrons. The van der Waals surface area contributed by atoms with Crippen molar-refractivity contribution in [2.45, 2.75) is 37.0 Å². The van der Waals surface area contributed by atoms with Crippen LogP contribution in [0.25, 0.3) is 5.57 Å². The molecule has 34 heavy (non-hydrogen) atoms. The predicted octanol–water partition coefficient (Wildman–Crippen LogP) is 1.82. The minimum Gasteiger partial charge on any atom is -0.691 e. The van der Waals surface area contributed by atoms with E-state index in [1.807, 2.05) is 73.0 Å². The minimum absolute atomic E-state index is 0. The van der Waals surface area contributed by atoms with Crippen LogP contribution in [0.1, 0.15) is 37.8 Å². The molecule has 0 fully saturated rings. The number of rotatable bonds is 11. The Balaban J connectivity index is 0.00000408. The van der Waals surface area contributed by atoms with Gasteiger partial charge in [-0.1, -0.05) is 50.3 Å². The van der Waals surface area contributed by atoms with Gasteiger partial charge in [0.25, 0.3) is 10.1 Å². The summed E-state index contributed by atoms with van der Waals surface area (Å²) in [7, 11) is -4.03. The first-order chi connectivity index (χ1) is 15.7. The molecule has 0 spiro atoms. The maximum absolute atomic E-state index is 11.2. The van der Waals surface area contributed by atoms with Crippen LogP contribution in [0.3, 0.4) is 0 Å². The first kappa shape index (κ1) is 28.8. The SMILES string of the molecule is CC1(C)C(/C=C/C=C/Nc2ccccc2)=C(CCCS(=O)(=O)O)c2ccc(SOO[O-])cc21.[Na+]. The molecule has 2 aromatic carbocycles. The average Bonchev–Trinajstić information content (AvgIpc) is 2.98. The van der Waals surface area contributed by atoms with Crippen molar-refractivity contribution >= 4 is 33.4 Å². The molecule has 0 saturated heterocycles. The molecular weight excluding hydrogens is 485 g/mol. The zero-order valence-corrected chi connectivity index (χ0v) is 23.0. The Hall–Kier alpha value is -1.40. The van der Waals surface area contributed by atoms with E-state index >= 15 is 0 Å². The molecule has 0 atom stereocenters. The zero-order valence-electron chi connectivity index (χ0n) is 19.4. The second-order valence-corrected chi connectivity index (χ2v) is 10.4. The van der Waals surface area contributed by atoms with Crippen molar-refractivity contribution in [2.75, 3.05) is 11.1 Å². The molecule has 0 heterocycles. The predicted molar refractivity (Wildman–Crippen MR) is 128 cm³/mol. The first-order valence-electron chi connectivity index (χ1n) is 10.3. The molecule has 176 valence electrons. The number of fused-ring (bicyclic) bond motifs is 1. The summed E-state index contributed by atoms with van der Waals surface area (Å²) in [5, 5.41) is 16.8. The van der Waals surface area contributed by atoms with Gasteiger partial charge in [0.05, 0.1) is 17.8 Å². The van der Waals surface area contributed by atoms with Gasteiger partial charge in [-0.2, -0.15) is 12.8 Å². The molecule has 0 aromatic heterocycles. The van der Waals surface area contributed by atoms with Crippen LogP contribution in [-0.2, 0) is 24.9 Å². The van der Waals surface area contributed by atoms with Gasteiger partial charge in [-0.3, -0.25) is 9.59 Å². The summed E-state index contributed by atoms with van der Waals surface area (Å²) in [6, 6.07) is 15.5. The van der Waals surface area contributed by atoms with E-state index in [2.05, 4.69) is 28.5 Å². The van der Waals surface area contributed by atoms with Crippen molar-refractivity contribution in [1.82, 2.24) is 0 Å². The molecule has 3 rings (SSSR count). The van der Waals surface area contributed by atoms with E-state index < -0.39 is 10.1 Å². The van der Waals surface area contributed by atoms with Gasteiger partial charge in [0.1, 0.15) is 0 Å². The molecular formula is C24H26NNaO6S2. The van der Waals surface area contributed by atoms with E-state index in [1.165, 1.54) is 0 Å². The molecule has 1 aliphatic carbocycles. The van der Waals surface area contributed by atoms with Crippen LogP contribution in [0.15, 0.2) is 83.4 Å². The first-order valence-corrected chi connectivity index (χ1v) is 12.7. The number of benzene rings is 2. The molecule has 2 N–H and O–H groups in total. The number of para-hydroxylation sites is 1. The molecule has 0 bridgehead atoms. The molecule has 7 nitrogen and oxygen atoms in total.